The predicted octanol–water partition coefficient (Wildman–Crippen LogP) is 3.03. The highest BCUT2D eigenvalue weighted by Gasteiger charge is 2.35. The lowest BCUT2D eigenvalue weighted by molar-refractivity contribution is -0.138. The normalized spacial score (nSPS) is 17.4. The number of amides is 2. The molecule has 7 heteroatoms. The van der Waals surface area contributed by atoms with Gasteiger partial charge in [0.25, 0.3) is 5.91 Å². The fraction of sp³-hybridized carbons (Fsp3) is 0.250. The largest absolute Gasteiger partial charge is 0.481 e. The summed E-state index contributed by atoms with van der Waals surface area (Å²) in [6.07, 6.45) is 0. The molecule has 0 aromatic heterocycles. The number of carbonyl (C=O) groups is 3. The lowest BCUT2D eigenvalue weighted by Gasteiger charge is -2.23. The number of benzene rings is 2. The van der Waals surface area contributed by atoms with Crippen LogP contribution in [0.1, 0.15) is 28.8 Å². The molecule has 2 atom stereocenters. The quantitative estimate of drug-likeness (QED) is 0.827. The van der Waals surface area contributed by atoms with E-state index in [9.17, 15) is 14.4 Å². The van der Waals surface area contributed by atoms with Gasteiger partial charge in [-0.3, -0.25) is 14.4 Å². The molecular weight excluding hydrogens is 364 g/mol. The molecule has 3 rings (SSSR count). The van der Waals surface area contributed by atoms with Crippen molar-refractivity contribution in [1.82, 2.24) is 4.90 Å². The second kappa shape index (κ2) is 8.26. The Morgan fingerprint density at radius 1 is 1.15 bits per heavy atom. The van der Waals surface area contributed by atoms with Crippen LogP contribution in [0.25, 0.3) is 0 Å². The number of hydrogen-bond acceptors (Lipinski definition) is 4. The second-order valence-electron chi connectivity index (χ2n) is 6.33. The van der Waals surface area contributed by atoms with Crippen molar-refractivity contribution in [2.45, 2.75) is 18.9 Å². The van der Waals surface area contributed by atoms with Crippen molar-refractivity contribution in [1.29, 1.82) is 0 Å². The van der Waals surface area contributed by atoms with Crippen molar-refractivity contribution >= 4 is 35.2 Å². The number of aliphatic carboxylic acids is 1. The summed E-state index contributed by atoms with van der Waals surface area (Å²) in [5, 5.41) is 12.0. The number of hydrogen-bond donors (Lipinski definition) is 2. The van der Waals surface area contributed by atoms with Gasteiger partial charge < -0.3 is 15.3 Å². The van der Waals surface area contributed by atoms with Gasteiger partial charge in [-0.1, -0.05) is 30.3 Å². The summed E-state index contributed by atoms with van der Waals surface area (Å²) in [4.78, 5) is 38.2. The van der Waals surface area contributed by atoms with E-state index in [4.69, 9.17) is 5.11 Å². The summed E-state index contributed by atoms with van der Waals surface area (Å²) in [5.41, 5.74) is 1.68. The van der Waals surface area contributed by atoms with Crippen molar-refractivity contribution in [3.8, 4) is 0 Å². The van der Waals surface area contributed by atoms with E-state index in [2.05, 4.69) is 5.32 Å². The SMILES string of the molecule is CC(C(=O)O)c1cccc(NC(=O)C2CSCN2C(=O)c2ccccc2)c1. The highest BCUT2D eigenvalue weighted by Crippen LogP contribution is 2.25. The molecule has 0 aliphatic carbocycles. The predicted molar refractivity (Wildman–Crippen MR) is 105 cm³/mol. The standard InChI is InChI=1S/C20H20N2O4S/c1-13(20(25)26)15-8-5-9-16(10-15)21-18(23)17-11-27-12-22(17)19(24)14-6-3-2-4-7-14/h2-10,13,17H,11-12H2,1H3,(H,21,23)(H,25,26). The third kappa shape index (κ3) is 4.31. The first kappa shape index (κ1) is 19.0. The molecular formula is C20H20N2O4S. The van der Waals surface area contributed by atoms with E-state index < -0.39 is 17.9 Å². The van der Waals surface area contributed by atoms with Crippen molar-refractivity contribution in [2.75, 3.05) is 16.9 Å². The molecule has 1 saturated heterocycles. The summed E-state index contributed by atoms with van der Waals surface area (Å²) in [6, 6.07) is 15.1. The van der Waals surface area contributed by atoms with Crippen LogP contribution in [-0.4, -0.2) is 45.5 Å². The van der Waals surface area contributed by atoms with Gasteiger partial charge >= 0.3 is 5.97 Å². The molecule has 0 bridgehead atoms. The van der Waals surface area contributed by atoms with Crippen LogP contribution in [0.4, 0.5) is 5.69 Å². The average Bonchev–Trinajstić information content (AvgIpc) is 3.17. The van der Waals surface area contributed by atoms with E-state index in [1.54, 1.807) is 60.4 Å². The minimum absolute atomic E-state index is 0.172. The maximum absolute atomic E-state index is 12.7. The molecule has 0 saturated carbocycles. The molecule has 0 radical (unpaired) electrons. The first-order valence-electron chi connectivity index (χ1n) is 8.55. The van der Waals surface area contributed by atoms with Gasteiger partial charge in [0.05, 0.1) is 11.8 Å². The molecule has 2 aromatic carbocycles. The van der Waals surface area contributed by atoms with E-state index in [0.717, 1.165) is 0 Å². The Hall–Kier alpha value is -2.80. The Bertz CT molecular complexity index is 856. The number of rotatable bonds is 5. The smallest absolute Gasteiger partial charge is 0.310 e. The Morgan fingerprint density at radius 2 is 1.89 bits per heavy atom. The van der Waals surface area contributed by atoms with E-state index >= 15 is 0 Å². The molecule has 0 spiro atoms. The molecule has 2 amide bonds. The average molecular weight is 384 g/mol. The van der Waals surface area contributed by atoms with Gasteiger partial charge in [-0.15, -0.1) is 11.8 Å². The number of nitrogens with one attached hydrogen (secondary N) is 1. The number of thioether (sulfide) groups is 1. The molecule has 1 fully saturated rings. The summed E-state index contributed by atoms with van der Waals surface area (Å²) in [6.45, 7) is 1.59. The number of nitrogens with zero attached hydrogens (tertiary/aromatic N) is 1. The first-order valence-corrected chi connectivity index (χ1v) is 9.70. The molecule has 2 N–H and O–H groups in total. The van der Waals surface area contributed by atoms with E-state index in [-0.39, 0.29) is 11.8 Å². The van der Waals surface area contributed by atoms with Crippen LogP contribution in [0.15, 0.2) is 54.6 Å². The van der Waals surface area contributed by atoms with Gasteiger partial charge in [0, 0.05) is 17.0 Å². The van der Waals surface area contributed by atoms with E-state index in [0.29, 0.717) is 28.4 Å². The van der Waals surface area contributed by atoms with Crippen LogP contribution in [0.2, 0.25) is 0 Å². The fourth-order valence-electron chi connectivity index (χ4n) is 2.86. The number of carboxylic acid groups (broad SMARTS) is 1. The zero-order valence-electron chi connectivity index (χ0n) is 14.8. The van der Waals surface area contributed by atoms with Crippen molar-refractivity contribution in [3.63, 3.8) is 0 Å². The first-order chi connectivity index (χ1) is 13.0. The minimum atomic E-state index is -0.926. The van der Waals surface area contributed by atoms with Gasteiger partial charge in [0.15, 0.2) is 0 Å². The molecule has 1 heterocycles. The minimum Gasteiger partial charge on any atom is -0.481 e. The number of anilines is 1. The molecule has 140 valence electrons. The van der Waals surface area contributed by atoms with Crippen molar-refractivity contribution < 1.29 is 19.5 Å². The van der Waals surface area contributed by atoms with Crippen LogP contribution in [0.5, 0.6) is 0 Å². The zero-order valence-corrected chi connectivity index (χ0v) is 15.6. The Balaban J connectivity index is 1.73. The second-order valence-corrected chi connectivity index (χ2v) is 7.33. The molecule has 6 nitrogen and oxygen atoms in total. The van der Waals surface area contributed by atoms with Crippen LogP contribution in [0.3, 0.4) is 0 Å². The summed E-state index contributed by atoms with van der Waals surface area (Å²) >= 11 is 1.53. The molecule has 27 heavy (non-hydrogen) atoms. The molecule has 1 aliphatic rings. The highest BCUT2D eigenvalue weighted by molar-refractivity contribution is 7.99. The number of carboxylic acids is 1. The molecule has 2 aromatic rings. The Morgan fingerprint density at radius 3 is 2.59 bits per heavy atom. The fourth-order valence-corrected chi connectivity index (χ4v) is 4.01. The lowest BCUT2D eigenvalue weighted by Crippen LogP contribution is -2.44. The summed E-state index contributed by atoms with van der Waals surface area (Å²) in [5.74, 6) is -1.05. The van der Waals surface area contributed by atoms with Crippen LogP contribution >= 0.6 is 11.8 Å². The number of carbonyl (C=O) groups excluding carboxylic acids is 2. The van der Waals surface area contributed by atoms with Crippen molar-refractivity contribution in [3.05, 3.63) is 65.7 Å². The molecule has 1 aliphatic heterocycles. The maximum atomic E-state index is 12.7. The summed E-state index contributed by atoms with van der Waals surface area (Å²) in [7, 11) is 0. The van der Waals surface area contributed by atoms with Gasteiger partial charge in [-0.05, 0) is 36.8 Å². The summed E-state index contributed by atoms with van der Waals surface area (Å²) < 4.78 is 0. The third-order valence-corrected chi connectivity index (χ3v) is 5.50. The van der Waals surface area contributed by atoms with E-state index in [1.165, 1.54) is 11.8 Å². The maximum Gasteiger partial charge on any atom is 0.310 e. The third-order valence-electron chi connectivity index (χ3n) is 4.49. The van der Waals surface area contributed by atoms with Gasteiger partial charge in [-0.2, -0.15) is 0 Å². The Kier molecular flexibility index (Phi) is 5.81. The van der Waals surface area contributed by atoms with Gasteiger partial charge in [0.1, 0.15) is 6.04 Å². The van der Waals surface area contributed by atoms with E-state index in [1.807, 2.05) is 6.07 Å². The topological polar surface area (TPSA) is 86.7 Å². The Labute approximate surface area is 161 Å². The van der Waals surface area contributed by atoms with Crippen LogP contribution < -0.4 is 5.32 Å². The molecule has 2 unspecified atom stereocenters. The van der Waals surface area contributed by atoms with Crippen LogP contribution in [-0.2, 0) is 9.59 Å². The van der Waals surface area contributed by atoms with Crippen molar-refractivity contribution in [2.24, 2.45) is 0 Å². The monoisotopic (exact) mass is 384 g/mol. The van der Waals surface area contributed by atoms with Gasteiger partial charge in [0.2, 0.25) is 5.91 Å². The van der Waals surface area contributed by atoms with Crippen LogP contribution in [0, 0.1) is 0 Å². The van der Waals surface area contributed by atoms with Gasteiger partial charge in [-0.25, -0.2) is 0 Å². The highest BCUT2D eigenvalue weighted by atomic mass is 32.2. The zero-order chi connectivity index (χ0) is 19.4. The lowest BCUT2D eigenvalue weighted by atomic mass is 10.0.